The molecule has 0 spiro atoms. The van der Waals surface area contributed by atoms with E-state index in [2.05, 4.69) is 22.1 Å². The monoisotopic (exact) mass is 312 g/mol. The first-order valence-corrected chi connectivity index (χ1v) is 7.85. The van der Waals surface area contributed by atoms with E-state index in [0.29, 0.717) is 5.69 Å². The lowest BCUT2D eigenvalue weighted by atomic mass is 10.1. The Balaban J connectivity index is 1.84. The van der Waals surface area contributed by atoms with Crippen molar-refractivity contribution in [2.75, 3.05) is 18.0 Å². The van der Waals surface area contributed by atoms with Crippen molar-refractivity contribution in [1.82, 2.24) is 9.78 Å². The van der Waals surface area contributed by atoms with E-state index < -0.39 is 5.91 Å². The average molecular weight is 312 g/mol. The fourth-order valence-electron chi connectivity index (χ4n) is 2.86. The molecule has 0 aliphatic carbocycles. The molecule has 0 bridgehead atoms. The highest BCUT2D eigenvalue weighted by Gasteiger charge is 2.11. The quantitative estimate of drug-likeness (QED) is 0.925. The van der Waals surface area contributed by atoms with E-state index in [1.807, 2.05) is 12.1 Å². The Morgan fingerprint density at radius 2 is 1.74 bits per heavy atom. The number of carbonyl (C=O) groups excluding carboxylic acids is 1. The van der Waals surface area contributed by atoms with Crippen molar-refractivity contribution in [2.24, 2.45) is 5.73 Å². The number of piperidine rings is 1. The van der Waals surface area contributed by atoms with E-state index >= 15 is 0 Å². The van der Waals surface area contributed by atoms with Gasteiger partial charge in [0.05, 0.1) is 5.69 Å². The van der Waals surface area contributed by atoms with Crippen molar-refractivity contribution >= 4 is 11.6 Å². The zero-order valence-electron chi connectivity index (χ0n) is 12.9. The minimum atomic E-state index is -0.586. The fraction of sp³-hybridized carbons (Fsp3) is 0.353. The number of nitrogens with two attached hydrogens (primary N) is 1. The normalized spacial score (nSPS) is 14.7. The predicted octanol–water partition coefficient (Wildman–Crippen LogP) is 1.39. The first kappa shape index (κ1) is 15.3. The molecule has 6 heteroatoms. The summed E-state index contributed by atoms with van der Waals surface area (Å²) >= 11 is 0. The molecular formula is C17H20N4O2. The molecule has 0 atom stereocenters. The van der Waals surface area contributed by atoms with Gasteiger partial charge in [-0.15, -0.1) is 0 Å². The van der Waals surface area contributed by atoms with Gasteiger partial charge in [-0.3, -0.25) is 9.59 Å². The maximum absolute atomic E-state index is 11.7. The lowest BCUT2D eigenvalue weighted by molar-refractivity contribution is -0.118. The van der Waals surface area contributed by atoms with Crippen LogP contribution < -0.4 is 16.2 Å². The Kier molecular flexibility index (Phi) is 4.41. The van der Waals surface area contributed by atoms with Crippen molar-refractivity contribution in [2.45, 2.75) is 25.8 Å². The molecular weight excluding hydrogens is 292 g/mol. The van der Waals surface area contributed by atoms with Crippen LogP contribution in [0.1, 0.15) is 19.3 Å². The van der Waals surface area contributed by atoms with Crippen LogP contribution in [0.3, 0.4) is 0 Å². The van der Waals surface area contributed by atoms with Gasteiger partial charge in [-0.2, -0.15) is 5.10 Å². The number of hydrogen-bond donors (Lipinski definition) is 1. The summed E-state index contributed by atoms with van der Waals surface area (Å²) < 4.78 is 1.09. The number of aromatic nitrogens is 2. The third kappa shape index (κ3) is 3.59. The summed E-state index contributed by atoms with van der Waals surface area (Å²) in [4.78, 5) is 25.1. The lowest BCUT2D eigenvalue weighted by Crippen LogP contribution is -2.29. The highest BCUT2D eigenvalue weighted by atomic mass is 16.2. The van der Waals surface area contributed by atoms with Crippen molar-refractivity contribution in [3.05, 3.63) is 46.8 Å². The van der Waals surface area contributed by atoms with Gasteiger partial charge in [0.2, 0.25) is 5.91 Å². The van der Waals surface area contributed by atoms with Crippen LogP contribution in [0.4, 0.5) is 5.69 Å². The molecule has 0 saturated carbocycles. The van der Waals surface area contributed by atoms with Gasteiger partial charge in [0.25, 0.3) is 5.56 Å². The van der Waals surface area contributed by atoms with E-state index in [1.54, 1.807) is 6.07 Å². The SMILES string of the molecule is NC(=O)Cn1nc(-c2ccc(N3CCCCC3)cc2)ccc1=O. The van der Waals surface area contributed by atoms with Crippen LogP contribution in [0.5, 0.6) is 0 Å². The fourth-order valence-corrected chi connectivity index (χ4v) is 2.86. The minimum absolute atomic E-state index is 0.210. The third-order valence-corrected chi connectivity index (χ3v) is 4.06. The van der Waals surface area contributed by atoms with Gasteiger partial charge < -0.3 is 10.6 Å². The number of primary amides is 1. The minimum Gasteiger partial charge on any atom is -0.372 e. The summed E-state index contributed by atoms with van der Waals surface area (Å²) in [6, 6.07) is 11.2. The standard InChI is InChI=1S/C17H20N4O2/c18-16(22)12-21-17(23)9-8-15(19-21)13-4-6-14(7-5-13)20-10-2-1-3-11-20/h4-9H,1-3,10-12H2,(H2,18,22). The van der Waals surface area contributed by atoms with Crippen molar-refractivity contribution < 1.29 is 4.79 Å². The van der Waals surface area contributed by atoms with Gasteiger partial charge in [-0.25, -0.2) is 4.68 Å². The van der Waals surface area contributed by atoms with Gasteiger partial charge in [-0.05, 0) is 37.5 Å². The molecule has 23 heavy (non-hydrogen) atoms. The lowest BCUT2D eigenvalue weighted by Gasteiger charge is -2.28. The second-order valence-corrected chi connectivity index (χ2v) is 5.78. The first-order chi connectivity index (χ1) is 11.1. The second kappa shape index (κ2) is 6.64. The van der Waals surface area contributed by atoms with Gasteiger partial charge >= 0.3 is 0 Å². The average Bonchev–Trinajstić information content (AvgIpc) is 2.57. The molecule has 3 rings (SSSR count). The maximum atomic E-state index is 11.7. The molecule has 1 aliphatic rings. The van der Waals surface area contributed by atoms with E-state index in [0.717, 1.165) is 23.3 Å². The zero-order chi connectivity index (χ0) is 16.2. The molecule has 1 aromatic carbocycles. The number of nitrogens with zero attached hydrogens (tertiary/aromatic N) is 3. The topological polar surface area (TPSA) is 81.2 Å². The molecule has 120 valence electrons. The molecule has 2 aromatic rings. The Hall–Kier alpha value is -2.63. The van der Waals surface area contributed by atoms with E-state index in [9.17, 15) is 9.59 Å². The van der Waals surface area contributed by atoms with E-state index in [-0.39, 0.29) is 12.1 Å². The summed E-state index contributed by atoms with van der Waals surface area (Å²) in [7, 11) is 0. The van der Waals surface area contributed by atoms with Crippen LogP contribution in [0, 0.1) is 0 Å². The molecule has 1 aromatic heterocycles. The second-order valence-electron chi connectivity index (χ2n) is 5.78. The van der Waals surface area contributed by atoms with Crippen molar-refractivity contribution in [3.8, 4) is 11.3 Å². The molecule has 1 saturated heterocycles. The Bertz CT molecular complexity index is 746. The summed E-state index contributed by atoms with van der Waals surface area (Å²) in [6.45, 7) is 1.99. The number of hydrogen-bond acceptors (Lipinski definition) is 4. The summed E-state index contributed by atoms with van der Waals surface area (Å²) in [6.07, 6.45) is 3.78. The zero-order valence-corrected chi connectivity index (χ0v) is 12.9. The van der Waals surface area contributed by atoms with Gasteiger partial charge in [0, 0.05) is 30.4 Å². The molecule has 1 aliphatic heterocycles. The predicted molar refractivity (Wildman–Crippen MR) is 89.2 cm³/mol. The Morgan fingerprint density at radius 3 is 2.39 bits per heavy atom. The first-order valence-electron chi connectivity index (χ1n) is 7.85. The largest absolute Gasteiger partial charge is 0.372 e. The number of rotatable bonds is 4. The number of anilines is 1. The third-order valence-electron chi connectivity index (χ3n) is 4.06. The van der Waals surface area contributed by atoms with Crippen LogP contribution in [0.15, 0.2) is 41.2 Å². The maximum Gasteiger partial charge on any atom is 0.267 e. The highest BCUT2D eigenvalue weighted by Crippen LogP contribution is 2.23. The molecule has 6 nitrogen and oxygen atoms in total. The van der Waals surface area contributed by atoms with E-state index in [1.165, 1.54) is 31.0 Å². The number of carbonyl (C=O) groups is 1. The molecule has 2 N–H and O–H groups in total. The van der Waals surface area contributed by atoms with Gasteiger partial charge in [-0.1, -0.05) is 12.1 Å². The van der Waals surface area contributed by atoms with Crippen molar-refractivity contribution in [3.63, 3.8) is 0 Å². The van der Waals surface area contributed by atoms with Crippen LogP contribution >= 0.6 is 0 Å². The number of benzene rings is 1. The molecule has 1 amide bonds. The smallest absolute Gasteiger partial charge is 0.267 e. The summed E-state index contributed by atoms with van der Waals surface area (Å²) in [5, 5.41) is 4.21. The van der Waals surface area contributed by atoms with Crippen LogP contribution in [0.2, 0.25) is 0 Å². The number of amides is 1. The van der Waals surface area contributed by atoms with E-state index in [4.69, 9.17) is 5.73 Å². The molecule has 2 heterocycles. The molecule has 1 fully saturated rings. The highest BCUT2D eigenvalue weighted by molar-refractivity contribution is 5.73. The Labute approximate surface area is 134 Å². The molecule has 0 radical (unpaired) electrons. The summed E-state index contributed by atoms with van der Waals surface area (Å²) in [5.41, 5.74) is 7.57. The molecule has 0 unspecified atom stereocenters. The van der Waals surface area contributed by atoms with Gasteiger partial charge in [0.1, 0.15) is 6.54 Å². The van der Waals surface area contributed by atoms with Crippen LogP contribution in [-0.2, 0) is 11.3 Å². The van der Waals surface area contributed by atoms with Crippen molar-refractivity contribution in [1.29, 1.82) is 0 Å². The van der Waals surface area contributed by atoms with Crippen LogP contribution in [0.25, 0.3) is 11.3 Å². The van der Waals surface area contributed by atoms with Crippen LogP contribution in [-0.4, -0.2) is 28.8 Å². The Morgan fingerprint density at radius 1 is 1.04 bits per heavy atom. The summed E-state index contributed by atoms with van der Waals surface area (Å²) in [5.74, 6) is -0.586. The van der Waals surface area contributed by atoms with Gasteiger partial charge in [0.15, 0.2) is 0 Å².